The normalized spacial score (nSPS) is 10.2. The molecule has 6 heteroatoms. The van der Waals surface area contributed by atoms with E-state index in [4.69, 9.17) is 11.6 Å². The fourth-order valence-electron chi connectivity index (χ4n) is 1.56. The van der Waals surface area contributed by atoms with Crippen LogP contribution in [0.15, 0.2) is 30.5 Å². The number of rotatable bonds is 2. The molecule has 1 amide bonds. The van der Waals surface area contributed by atoms with Gasteiger partial charge in [0.25, 0.3) is 5.91 Å². The molecule has 0 saturated carbocycles. The van der Waals surface area contributed by atoms with Crippen molar-refractivity contribution in [2.75, 3.05) is 5.32 Å². The van der Waals surface area contributed by atoms with Crippen LogP contribution in [-0.4, -0.2) is 21.1 Å². The van der Waals surface area contributed by atoms with Crippen molar-refractivity contribution >= 4 is 23.2 Å². The molecular formula is C13H11ClN2O3. The molecular weight excluding hydrogens is 268 g/mol. The molecule has 0 aliphatic rings. The second-order valence-corrected chi connectivity index (χ2v) is 4.31. The van der Waals surface area contributed by atoms with Gasteiger partial charge in [0.1, 0.15) is 11.5 Å². The van der Waals surface area contributed by atoms with Crippen molar-refractivity contribution in [3.63, 3.8) is 0 Å². The monoisotopic (exact) mass is 278 g/mol. The fourth-order valence-corrected chi connectivity index (χ4v) is 1.81. The summed E-state index contributed by atoms with van der Waals surface area (Å²) in [5.74, 6) is -0.920. The number of aryl methyl sites for hydroxylation is 1. The van der Waals surface area contributed by atoms with Gasteiger partial charge in [0.15, 0.2) is 5.15 Å². The number of nitrogens with one attached hydrogen (secondary N) is 1. The maximum Gasteiger partial charge on any atom is 0.259 e. The minimum absolute atomic E-state index is 0.0423. The van der Waals surface area contributed by atoms with Gasteiger partial charge in [-0.3, -0.25) is 4.79 Å². The van der Waals surface area contributed by atoms with E-state index in [0.717, 1.165) is 5.56 Å². The second kappa shape index (κ2) is 5.16. The predicted octanol–water partition coefficient (Wildman–Crippen LogP) is 2.71. The molecule has 0 aliphatic heterocycles. The van der Waals surface area contributed by atoms with E-state index < -0.39 is 5.91 Å². The number of hydrogen-bond acceptors (Lipinski definition) is 4. The van der Waals surface area contributed by atoms with E-state index in [0.29, 0.717) is 5.69 Å². The van der Waals surface area contributed by atoms with Crippen molar-refractivity contribution in [3.8, 4) is 11.5 Å². The van der Waals surface area contributed by atoms with Crippen LogP contribution in [0.4, 0.5) is 5.69 Å². The molecule has 3 N–H and O–H groups in total. The Morgan fingerprint density at radius 2 is 2.05 bits per heavy atom. The Hall–Kier alpha value is -2.27. The first kappa shape index (κ1) is 13.2. The largest absolute Gasteiger partial charge is 0.508 e. The number of halogens is 1. The summed E-state index contributed by atoms with van der Waals surface area (Å²) in [6, 6.07) is 5.39. The van der Waals surface area contributed by atoms with Gasteiger partial charge in [-0.25, -0.2) is 4.98 Å². The van der Waals surface area contributed by atoms with Crippen molar-refractivity contribution in [3.05, 3.63) is 46.7 Å². The maximum absolute atomic E-state index is 12.0. The average molecular weight is 279 g/mol. The molecule has 5 nitrogen and oxygen atoms in total. The molecule has 98 valence electrons. The highest BCUT2D eigenvalue weighted by Gasteiger charge is 2.15. The molecule has 0 bridgehead atoms. The summed E-state index contributed by atoms with van der Waals surface area (Å²) < 4.78 is 0. The Kier molecular flexibility index (Phi) is 3.57. The number of carbonyl (C=O) groups excluding carboxylic acids is 1. The van der Waals surface area contributed by atoms with Crippen molar-refractivity contribution < 1.29 is 15.0 Å². The van der Waals surface area contributed by atoms with E-state index in [9.17, 15) is 15.0 Å². The lowest BCUT2D eigenvalue weighted by Gasteiger charge is -2.10. The number of aromatic nitrogens is 1. The minimum Gasteiger partial charge on any atom is -0.508 e. The van der Waals surface area contributed by atoms with Crippen LogP contribution in [0.1, 0.15) is 15.9 Å². The molecule has 19 heavy (non-hydrogen) atoms. The number of nitrogens with zero attached hydrogens (tertiary/aromatic N) is 1. The predicted molar refractivity (Wildman–Crippen MR) is 71.7 cm³/mol. The van der Waals surface area contributed by atoms with Gasteiger partial charge in [-0.05, 0) is 36.8 Å². The highest BCUT2D eigenvalue weighted by Crippen LogP contribution is 2.26. The molecule has 0 radical (unpaired) electrons. The molecule has 2 rings (SSSR count). The summed E-state index contributed by atoms with van der Waals surface area (Å²) in [5.41, 5.74) is 1.07. The van der Waals surface area contributed by atoms with Crippen molar-refractivity contribution in [1.82, 2.24) is 4.98 Å². The number of carbonyl (C=O) groups is 1. The summed E-state index contributed by atoms with van der Waals surface area (Å²) in [7, 11) is 0. The number of aromatic hydroxyl groups is 2. The van der Waals surface area contributed by atoms with Crippen LogP contribution in [0.2, 0.25) is 5.15 Å². The quantitative estimate of drug-likeness (QED) is 0.583. The third-order valence-electron chi connectivity index (χ3n) is 2.58. The van der Waals surface area contributed by atoms with Crippen LogP contribution < -0.4 is 5.32 Å². The summed E-state index contributed by atoms with van der Waals surface area (Å²) in [6.07, 6.45) is 1.53. The van der Waals surface area contributed by atoms with Crippen LogP contribution in [0.5, 0.6) is 11.5 Å². The Morgan fingerprint density at radius 3 is 2.74 bits per heavy atom. The topological polar surface area (TPSA) is 82.5 Å². The Balaban J connectivity index is 2.34. The van der Waals surface area contributed by atoms with E-state index in [2.05, 4.69) is 10.3 Å². The number of phenols is 2. The van der Waals surface area contributed by atoms with Gasteiger partial charge >= 0.3 is 0 Å². The standard InChI is InChI=1S/C13H11ClN2O3/c1-7-4-5-15-12(14)11(7)16-13(19)9-6-8(17)2-3-10(9)18/h2-6,17-18H,1H3,(H,16,19). The smallest absolute Gasteiger partial charge is 0.259 e. The van der Waals surface area contributed by atoms with Crippen molar-refractivity contribution in [2.45, 2.75) is 6.92 Å². The van der Waals surface area contributed by atoms with E-state index in [-0.39, 0.29) is 22.2 Å². The highest BCUT2D eigenvalue weighted by atomic mass is 35.5. The van der Waals surface area contributed by atoms with Crippen LogP contribution in [0, 0.1) is 6.92 Å². The zero-order valence-corrected chi connectivity index (χ0v) is 10.8. The van der Waals surface area contributed by atoms with Gasteiger partial charge in [-0.2, -0.15) is 0 Å². The van der Waals surface area contributed by atoms with Crippen LogP contribution in [0.25, 0.3) is 0 Å². The molecule has 0 unspecified atom stereocenters. The summed E-state index contributed by atoms with van der Waals surface area (Å²) in [4.78, 5) is 15.9. The summed E-state index contributed by atoms with van der Waals surface area (Å²) in [5, 5.41) is 21.7. The summed E-state index contributed by atoms with van der Waals surface area (Å²) in [6.45, 7) is 1.77. The molecule has 1 aromatic heterocycles. The summed E-state index contributed by atoms with van der Waals surface area (Å²) >= 11 is 5.89. The molecule has 0 aliphatic carbocycles. The molecule has 1 heterocycles. The van der Waals surface area contributed by atoms with Gasteiger partial charge in [0, 0.05) is 6.20 Å². The van der Waals surface area contributed by atoms with Gasteiger partial charge in [-0.15, -0.1) is 0 Å². The van der Waals surface area contributed by atoms with Crippen molar-refractivity contribution in [1.29, 1.82) is 0 Å². The number of phenolic OH excluding ortho intramolecular Hbond substituents is 2. The lowest BCUT2D eigenvalue weighted by atomic mass is 10.1. The first-order valence-corrected chi connectivity index (χ1v) is 5.81. The second-order valence-electron chi connectivity index (χ2n) is 3.95. The first-order valence-electron chi connectivity index (χ1n) is 5.43. The Labute approximate surface area is 114 Å². The fraction of sp³-hybridized carbons (Fsp3) is 0.0769. The van der Waals surface area contributed by atoms with Crippen LogP contribution in [-0.2, 0) is 0 Å². The molecule has 0 atom stereocenters. The Bertz CT molecular complexity index is 624. The van der Waals surface area contributed by atoms with E-state index >= 15 is 0 Å². The van der Waals surface area contributed by atoms with Gasteiger partial charge in [0.05, 0.1) is 11.3 Å². The molecule has 1 aromatic carbocycles. The lowest BCUT2D eigenvalue weighted by Crippen LogP contribution is -2.13. The third kappa shape index (κ3) is 2.77. The zero-order valence-electron chi connectivity index (χ0n) is 10.0. The minimum atomic E-state index is -0.577. The van der Waals surface area contributed by atoms with E-state index in [1.165, 1.54) is 24.4 Å². The number of benzene rings is 1. The lowest BCUT2D eigenvalue weighted by molar-refractivity contribution is 0.102. The molecule has 0 spiro atoms. The highest BCUT2D eigenvalue weighted by molar-refractivity contribution is 6.33. The number of anilines is 1. The van der Waals surface area contributed by atoms with Gasteiger partial charge < -0.3 is 15.5 Å². The Morgan fingerprint density at radius 1 is 1.32 bits per heavy atom. The SMILES string of the molecule is Cc1ccnc(Cl)c1NC(=O)c1cc(O)ccc1O. The number of hydrogen-bond donors (Lipinski definition) is 3. The average Bonchev–Trinajstić information content (AvgIpc) is 2.37. The van der Waals surface area contributed by atoms with Crippen molar-refractivity contribution in [2.24, 2.45) is 0 Å². The maximum atomic E-state index is 12.0. The van der Waals surface area contributed by atoms with E-state index in [1.807, 2.05) is 0 Å². The van der Waals surface area contributed by atoms with Crippen LogP contribution in [0.3, 0.4) is 0 Å². The zero-order chi connectivity index (χ0) is 14.0. The molecule has 0 fully saturated rings. The van der Waals surface area contributed by atoms with Gasteiger partial charge in [0.2, 0.25) is 0 Å². The number of pyridine rings is 1. The third-order valence-corrected chi connectivity index (χ3v) is 2.86. The molecule has 0 saturated heterocycles. The number of amides is 1. The van der Waals surface area contributed by atoms with Crippen LogP contribution >= 0.6 is 11.6 Å². The van der Waals surface area contributed by atoms with E-state index in [1.54, 1.807) is 13.0 Å². The first-order chi connectivity index (χ1) is 8.99. The van der Waals surface area contributed by atoms with Gasteiger partial charge in [-0.1, -0.05) is 11.6 Å². The molecule has 2 aromatic rings.